The second kappa shape index (κ2) is 5.53. The van der Waals surface area contributed by atoms with Crippen molar-refractivity contribution in [2.24, 2.45) is 0 Å². The third-order valence-electron chi connectivity index (χ3n) is 2.23. The molecule has 1 N–H and O–H groups in total. The molecule has 1 heterocycles. The van der Waals surface area contributed by atoms with Gasteiger partial charge in [-0.05, 0) is 20.9 Å². The van der Waals surface area contributed by atoms with Crippen molar-refractivity contribution in [1.29, 1.82) is 0 Å². The maximum atomic E-state index is 5.36. The van der Waals surface area contributed by atoms with Crippen LogP contribution in [0, 0.1) is 0 Å². The molecule has 0 aliphatic rings. The van der Waals surface area contributed by atoms with Crippen LogP contribution in [-0.2, 0) is 17.6 Å². The van der Waals surface area contributed by atoms with E-state index >= 15 is 0 Å². The van der Waals surface area contributed by atoms with Crippen LogP contribution in [0.1, 0.15) is 23.9 Å². The second-order valence-electron chi connectivity index (χ2n) is 4.08. The first-order valence-corrected chi connectivity index (χ1v) is 5.90. The zero-order valence-electron chi connectivity index (χ0n) is 9.83. The first-order chi connectivity index (χ1) is 7.07. The fourth-order valence-corrected chi connectivity index (χ4v) is 2.19. The van der Waals surface area contributed by atoms with Crippen LogP contribution < -0.4 is 5.32 Å². The third kappa shape index (κ3) is 4.24. The van der Waals surface area contributed by atoms with Crippen LogP contribution in [0.4, 0.5) is 0 Å². The van der Waals surface area contributed by atoms with Gasteiger partial charge in [-0.3, -0.25) is 0 Å². The summed E-state index contributed by atoms with van der Waals surface area (Å²) in [6, 6.07) is 0. The Labute approximate surface area is 95.1 Å². The van der Waals surface area contributed by atoms with Gasteiger partial charge in [0.2, 0.25) is 0 Å². The smallest absolute Gasteiger partial charge is 0.120 e. The average Bonchev–Trinajstić information content (AvgIpc) is 2.62. The van der Waals surface area contributed by atoms with E-state index in [4.69, 9.17) is 4.74 Å². The molecule has 0 saturated heterocycles. The van der Waals surface area contributed by atoms with Gasteiger partial charge in [-0.25, -0.2) is 0 Å². The van der Waals surface area contributed by atoms with E-state index in [1.54, 1.807) is 18.4 Å². The molecule has 0 saturated carbocycles. The van der Waals surface area contributed by atoms with Gasteiger partial charge >= 0.3 is 0 Å². The standard InChI is InChI=1S/C10H19N3OS/c1-10(2,14-4)7-9-13-12-8(15-9)5-6-11-3/h11H,5-7H2,1-4H3. The van der Waals surface area contributed by atoms with Gasteiger partial charge in [-0.1, -0.05) is 0 Å². The summed E-state index contributed by atoms with van der Waals surface area (Å²) in [7, 11) is 3.67. The Bertz CT molecular complexity index is 299. The van der Waals surface area contributed by atoms with Gasteiger partial charge in [0.15, 0.2) is 0 Å². The highest BCUT2D eigenvalue weighted by atomic mass is 32.1. The molecule has 86 valence electrons. The predicted molar refractivity (Wildman–Crippen MR) is 62.3 cm³/mol. The van der Waals surface area contributed by atoms with Gasteiger partial charge in [0, 0.05) is 26.5 Å². The van der Waals surface area contributed by atoms with Crippen molar-refractivity contribution in [2.45, 2.75) is 32.3 Å². The molecule has 0 aliphatic heterocycles. The molecule has 0 amide bonds. The average molecular weight is 229 g/mol. The first-order valence-electron chi connectivity index (χ1n) is 5.08. The topological polar surface area (TPSA) is 47.0 Å². The molecule has 0 unspecified atom stereocenters. The molecule has 0 aromatic carbocycles. The van der Waals surface area contributed by atoms with Gasteiger partial charge in [0.1, 0.15) is 10.0 Å². The number of rotatable bonds is 6. The monoisotopic (exact) mass is 229 g/mol. The lowest BCUT2D eigenvalue weighted by Crippen LogP contribution is -2.25. The number of aromatic nitrogens is 2. The summed E-state index contributed by atoms with van der Waals surface area (Å²) in [6.07, 6.45) is 1.77. The Morgan fingerprint density at radius 1 is 1.33 bits per heavy atom. The largest absolute Gasteiger partial charge is 0.378 e. The summed E-state index contributed by atoms with van der Waals surface area (Å²) >= 11 is 1.67. The molecule has 0 atom stereocenters. The summed E-state index contributed by atoms with van der Waals surface area (Å²) in [5.74, 6) is 0. The number of hydrogen-bond donors (Lipinski definition) is 1. The lowest BCUT2D eigenvalue weighted by atomic mass is 10.1. The fourth-order valence-electron chi connectivity index (χ4n) is 1.13. The van der Waals surface area contributed by atoms with E-state index in [9.17, 15) is 0 Å². The third-order valence-corrected chi connectivity index (χ3v) is 3.21. The minimum atomic E-state index is -0.153. The zero-order valence-corrected chi connectivity index (χ0v) is 10.6. The molecular formula is C10H19N3OS. The summed E-state index contributed by atoms with van der Waals surface area (Å²) < 4.78 is 5.36. The minimum absolute atomic E-state index is 0.153. The summed E-state index contributed by atoms with van der Waals surface area (Å²) in [5, 5.41) is 13.5. The molecule has 5 heteroatoms. The highest BCUT2D eigenvalue weighted by Crippen LogP contribution is 2.19. The highest BCUT2D eigenvalue weighted by Gasteiger charge is 2.19. The number of nitrogens with one attached hydrogen (secondary N) is 1. The van der Waals surface area contributed by atoms with E-state index < -0.39 is 0 Å². The summed E-state index contributed by atoms with van der Waals surface area (Å²) in [5.41, 5.74) is -0.153. The first kappa shape index (κ1) is 12.5. The molecule has 0 aliphatic carbocycles. The van der Waals surface area contributed by atoms with E-state index in [1.807, 2.05) is 7.05 Å². The van der Waals surface area contributed by atoms with Crippen LogP contribution in [0.3, 0.4) is 0 Å². The van der Waals surface area contributed by atoms with Crippen molar-refractivity contribution in [1.82, 2.24) is 15.5 Å². The molecule has 0 spiro atoms. The number of nitrogens with zero attached hydrogens (tertiary/aromatic N) is 2. The Kier molecular flexibility index (Phi) is 4.63. The number of methoxy groups -OCH3 is 1. The van der Waals surface area contributed by atoms with E-state index in [0.717, 1.165) is 29.4 Å². The molecule has 1 rings (SSSR count). The van der Waals surface area contributed by atoms with Crippen LogP contribution in [0.15, 0.2) is 0 Å². The molecule has 1 aromatic heterocycles. The van der Waals surface area contributed by atoms with E-state index in [0.29, 0.717) is 0 Å². The van der Waals surface area contributed by atoms with Crippen molar-refractivity contribution in [2.75, 3.05) is 20.7 Å². The van der Waals surface area contributed by atoms with Crippen LogP contribution in [-0.4, -0.2) is 36.5 Å². The van der Waals surface area contributed by atoms with Gasteiger partial charge < -0.3 is 10.1 Å². The number of ether oxygens (including phenoxy) is 1. The molecule has 15 heavy (non-hydrogen) atoms. The van der Waals surface area contributed by atoms with Crippen molar-refractivity contribution in [3.05, 3.63) is 10.0 Å². The lowest BCUT2D eigenvalue weighted by molar-refractivity contribution is 0.0230. The van der Waals surface area contributed by atoms with Crippen LogP contribution >= 0.6 is 11.3 Å². The normalized spacial score (nSPS) is 12.0. The fraction of sp³-hybridized carbons (Fsp3) is 0.800. The Hall–Kier alpha value is -0.520. The minimum Gasteiger partial charge on any atom is -0.378 e. The maximum absolute atomic E-state index is 5.36. The van der Waals surface area contributed by atoms with Crippen LogP contribution in [0.2, 0.25) is 0 Å². The zero-order chi connectivity index (χ0) is 11.3. The SMILES string of the molecule is CNCCc1nnc(CC(C)(C)OC)s1. The summed E-state index contributed by atoms with van der Waals surface area (Å²) in [6.45, 7) is 5.06. The van der Waals surface area contributed by atoms with Crippen molar-refractivity contribution in [3.63, 3.8) is 0 Å². The van der Waals surface area contributed by atoms with Crippen LogP contribution in [0.5, 0.6) is 0 Å². The molecule has 1 aromatic rings. The summed E-state index contributed by atoms with van der Waals surface area (Å²) in [4.78, 5) is 0. The highest BCUT2D eigenvalue weighted by molar-refractivity contribution is 7.11. The molecule has 4 nitrogen and oxygen atoms in total. The van der Waals surface area contributed by atoms with E-state index in [2.05, 4.69) is 29.4 Å². The molecule has 0 bridgehead atoms. The van der Waals surface area contributed by atoms with Crippen LogP contribution in [0.25, 0.3) is 0 Å². The van der Waals surface area contributed by atoms with E-state index in [1.165, 1.54) is 0 Å². The number of hydrogen-bond acceptors (Lipinski definition) is 5. The molecule has 0 fully saturated rings. The molecule has 0 radical (unpaired) electrons. The van der Waals surface area contributed by atoms with Crippen molar-refractivity contribution in [3.8, 4) is 0 Å². The number of likely N-dealkylation sites (N-methyl/N-ethyl adjacent to an activating group) is 1. The quantitative estimate of drug-likeness (QED) is 0.798. The Morgan fingerprint density at radius 2 is 2.00 bits per heavy atom. The predicted octanol–water partition coefficient (Wildman–Crippen LogP) is 1.27. The van der Waals surface area contributed by atoms with Gasteiger partial charge in [0.05, 0.1) is 5.60 Å². The molecular weight excluding hydrogens is 210 g/mol. The Morgan fingerprint density at radius 3 is 2.60 bits per heavy atom. The maximum Gasteiger partial charge on any atom is 0.120 e. The van der Waals surface area contributed by atoms with Gasteiger partial charge in [-0.15, -0.1) is 21.5 Å². The van der Waals surface area contributed by atoms with Gasteiger partial charge in [0.25, 0.3) is 0 Å². The Balaban J connectivity index is 2.52. The lowest BCUT2D eigenvalue weighted by Gasteiger charge is -2.20. The van der Waals surface area contributed by atoms with Crippen molar-refractivity contribution < 1.29 is 4.74 Å². The second-order valence-corrected chi connectivity index (χ2v) is 5.23. The van der Waals surface area contributed by atoms with Gasteiger partial charge in [-0.2, -0.15) is 0 Å². The van der Waals surface area contributed by atoms with E-state index in [-0.39, 0.29) is 5.60 Å². The van der Waals surface area contributed by atoms with Crippen molar-refractivity contribution >= 4 is 11.3 Å².